The maximum absolute atomic E-state index is 5.75. The average Bonchev–Trinajstić information content (AvgIpc) is 2.75. The van der Waals surface area contributed by atoms with Gasteiger partial charge in [-0.3, -0.25) is 4.98 Å². The molecule has 0 bridgehead atoms. The normalized spacial score (nSPS) is 10.7. The molecule has 0 radical (unpaired) electrons. The van der Waals surface area contributed by atoms with Crippen molar-refractivity contribution in [3.63, 3.8) is 0 Å². The zero-order chi connectivity index (χ0) is 13.1. The fourth-order valence-corrected chi connectivity index (χ4v) is 1.93. The molecule has 0 spiro atoms. The van der Waals surface area contributed by atoms with E-state index in [2.05, 4.69) is 20.9 Å². The Bertz CT molecular complexity index is 532. The SMILES string of the molecule is Cc1cc(N(C)Cc2nccn2C)c(CN)cn1. The summed E-state index contributed by atoms with van der Waals surface area (Å²) in [7, 11) is 4.04. The van der Waals surface area contributed by atoms with Gasteiger partial charge in [-0.05, 0) is 13.0 Å². The Morgan fingerprint density at radius 3 is 2.78 bits per heavy atom. The van der Waals surface area contributed by atoms with E-state index in [9.17, 15) is 0 Å². The van der Waals surface area contributed by atoms with E-state index in [-0.39, 0.29) is 0 Å². The average molecular weight is 245 g/mol. The van der Waals surface area contributed by atoms with Crippen molar-refractivity contribution in [2.24, 2.45) is 12.8 Å². The quantitative estimate of drug-likeness (QED) is 0.880. The molecule has 2 rings (SSSR count). The summed E-state index contributed by atoms with van der Waals surface area (Å²) in [4.78, 5) is 10.8. The van der Waals surface area contributed by atoms with Crippen LogP contribution in [0.2, 0.25) is 0 Å². The van der Waals surface area contributed by atoms with Crippen molar-refractivity contribution in [2.45, 2.75) is 20.0 Å². The first-order valence-corrected chi connectivity index (χ1v) is 5.94. The fraction of sp³-hybridized carbons (Fsp3) is 0.385. The van der Waals surface area contributed by atoms with Gasteiger partial charge in [0.15, 0.2) is 0 Å². The summed E-state index contributed by atoms with van der Waals surface area (Å²) in [6.07, 6.45) is 5.61. The van der Waals surface area contributed by atoms with Crippen LogP contribution in [0.25, 0.3) is 0 Å². The number of imidazole rings is 1. The summed E-state index contributed by atoms with van der Waals surface area (Å²) in [5.74, 6) is 1.02. The molecule has 18 heavy (non-hydrogen) atoms. The minimum Gasteiger partial charge on any atom is -0.367 e. The summed E-state index contributed by atoms with van der Waals surface area (Å²) in [5, 5.41) is 0. The second-order valence-corrected chi connectivity index (χ2v) is 4.47. The van der Waals surface area contributed by atoms with Crippen LogP contribution < -0.4 is 10.6 Å². The Kier molecular flexibility index (Phi) is 3.62. The first-order chi connectivity index (χ1) is 8.61. The molecule has 0 amide bonds. The fourth-order valence-electron chi connectivity index (χ4n) is 1.93. The maximum atomic E-state index is 5.75. The number of aryl methyl sites for hydroxylation is 2. The molecule has 0 unspecified atom stereocenters. The third-order valence-corrected chi connectivity index (χ3v) is 3.03. The van der Waals surface area contributed by atoms with Gasteiger partial charge in [-0.15, -0.1) is 0 Å². The maximum Gasteiger partial charge on any atom is 0.127 e. The van der Waals surface area contributed by atoms with E-state index in [0.717, 1.165) is 29.3 Å². The molecule has 0 aliphatic carbocycles. The molecule has 0 fully saturated rings. The van der Waals surface area contributed by atoms with Crippen LogP contribution in [0.1, 0.15) is 17.1 Å². The van der Waals surface area contributed by atoms with Gasteiger partial charge >= 0.3 is 0 Å². The van der Waals surface area contributed by atoms with Crippen molar-refractivity contribution < 1.29 is 0 Å². The van der Waals surface area contributed by atoms with Gasteiger partial charge in [0.2, 0.25) is 0 Å². The third-order valence-electron chi connectivity index (χ3n) is 3.03. The largest absolute Gasteiger partial charge is 0.367 e. The first-order valence-electron chi connectivity index (χ1n) is 5.94. The minimum absolute atomic E-state index is 0.494. The third kappa shape index (κ3) is 2.51. The Hall–Kier alpha value is -1.88. The smallest absolute Gasteiger partial charge is 0.127 e. The lowest BCUT2D eigenvalue weighted by molar-refractivity contribution is 0.757. The molecule has 2 heterocycles. The van der Waals surface area contributed by atoms with E-state index in [0.29, 0.717) is 6.54 Å². The van der Waals surface area contributed by atoms with Crippen molar-refractivity contribution in [3.8, 4) is 0 Å². The summed E-state index contributed by atoms with van der Waals surface area (Å²) in [6, 6.07) is 2.06. The van der Waals surface area contributed by atoms with Crippen molar-refractivity contribution >= 4 is 5.69 Å². The molecule has 0 saturated carbocycles. The molecule has 0 aliphatic heterocycles. The van der Waals surface area contributed by atoms with Crippen molar-refractivity contribution in [2.75, 3.05) is 11.9 Å². The molecule has 5 nitrogen and oxygen atoms in total. The van der Waals surface area contributed by atoms with E-state index < -0.39 is 0 Å². The number of nitrogens with two attached hydrogens (primary N) is 1. The second kappa shape index (κ2) is 5.18. The lowest BCUT2D eigenvalue weighted by atomic mass is 10.2. The van der Waals surface area contributed by atoms with Gasteiger partial charge in [0, 0.05) is 56.2 Å². The molecule has 0 aromatic carbocycles. The highest BCUT2D eigenvalue weighted by Crippen LogP contribution is 2.20. The second-order valence-electron chi connectivity index (χ2n) is 4.47. The van der Waals surface area contributed by atoms with Gasteiger partial charge < -0.3 is 15.2 Å². The number of rotatable bonds is 4. The molecular formula is C13H19N5. The molecule has 0 aliphatic rings. The first kappa shape index (κ1) is 12.6. The van der Waals surface area contributed by atoms with Crippen LogP contribution in [0.15, 0.2) is 24.7 Å². The predicted molar refractivity (Wildman–Crippen MR) is 72.2 cm³/mol. The number of anilines is 1. The van der Waals surface area contributed by atoms with Gasteiger partial charge in [-0.1, -0.05) is 0 Å². The number of hydrogen-bond acceptors (Lipinski definition) is 4. The molecule has 0 atom stereocenters. The number of aromatic nitrogens is 3. The molecule has 0 saturated heterocycles. The van der Waals surface area contributed by atoms with E-state index in [1.165, 1.54) is 0 Å². The Morgan fingerprint density at radius 1 is 1.39 bits per heavy atom. The Labute approximate surface area is 107 Å². The van der Waals surface area contributed by atoms with Crippen LogP contribution in [0.4, 0.5) is 5.69 Å². The minimum atomic E-state index is 0.494. The van der Waals surface area contributed by atoms with Crippen LogP contribution in [0, 0.1) is 6.92 Å². The predicted octanol–water partition coefficient (Wildman–Crippen LogP) is 1.22. The van der Waals surface area contributed by atoms with Crippen LogP contribution in [-0.4, -0.2) is 21.6 Å². The highest BCUT2D eigenvalue weighted by Gasteiger charge is 2.10. The number of pyridine rings is 1. The van der Waals surface area contributed by atoms with Crippen molar-refractivity contribution in [1.29, 1.82) is 0 Å². The van der Waals surface area contributed by atoms with Gasteiger partial charge in [0.25, 0.3) is 0 Å². The lowest BCUT2D eigenvalue weighted by Gasteiger charge is -2.22. The van der Waals surface area contributed by atoms with Crippen molar-refractivity contribution in [3.05, 3.63) is 41.7 Å². The highest BCUT2D eigenvalue weighted by molar-refractivity contribution is 5.53. The summed E-state index contributed by atoms with van der Waals surface area (Å²) in [6.45, 7) is 3.23. The lowest BCUT2D eigenvalue weighted by Crippen LogP contribution is -2.21. The zero-order valence-electron chi connectivity index (χ0n) is 11.1. The molecule has 2 N–H and O–H groups in total. The van der Waals surface area contributed by atoms with Crippen LogP contribution in [-0.2, 0) is 20.1 Å². The van der Waals surface area contributed by atoms with E-state index in [1.807, 2.05) is 44.2 Å². The summed E-state index contributed by atoms with van der Waals surface area (Å²) in [5.41, 5.74) is 8.92. The van der Waals surface area contributed by atoms with Gasteiger partial charge in [0.05, 0.1) is 6.54 Å². The van der Waals surface area contributed by atoms with Gasteiger partial charge in [-0.25, -0.2) is 4.98 Å². The molecule has 5 heteroatoms. The van der Waals surface area contributed by atoms with E-state index in [4.69, 9.17) is 5.73 Å². The Balaban J connectivity index is 2.25. The van der Waals surface area contributed by atoms with Crippen LogP contribution in [0.3, 0.4) is 0 Å². The zero-order valence-corrected chi connectivity index (χ0v) is 11.1. The van der Waals surface area contributed by atoms with Crippen LogP contribution >= 0.6 is 0 Å². The summed E-state index contributed by atoms with van der Waals surface area (Å²) >= 11 is 0. The molecule has 2 aromatic heterocycles. The van der Waals surface area contributed by atoms with Crippen LogP contribution in [0.5, 0.6) is 0 Å². The van der Waals surface area contributed by atoms with Gasteiger partial charge in [0.1, 0.15) is 5.82 Å². The number of nitrogens with zero attached hydrogens (tertiary/aromatic N) is 4. The standard InChI is InChI=1S/C13H19N5/c1-10-6-12(11(7-14)8-16-10)18(3)9-13-15-4-5-17(13)2/h4-6,8H,7,9,14H2,1-3H3. The summed E-state index contributed by atoms with van der Waals surface area (Å²) < 4.78 is 2.02. The Morgan fingerprint density at radius 2 is 2.17 bits per heavy atom. The number of hydrogen-bond donors (Lipinski definition) is 1. The van der Waals surface area contributed by atoms with Gasteiger partial charge in [-0.2, -0.15) is 0 Å². The monoisotopic (exact) mass is 245 g/mol. The van der Waals surface area contributed by atoms with E-state index >= 15 is 0 Å². The van der Waals surface area contributed by atoms with Crippen molar-refractivity contribution in [1.82, 2.24) is 14.5 Å². The molecular weight excluding hydrogens is 226 g/mol. The topological polar surface area (TPSA) is 60.0 Å². The molecule has 2 aromatic rings. The van der Waals surface area contributed by atoms with E-state index in [1.54, 1.807) is 0 Å². The molecule has 96 valence electrons. The highest BCUT2D eigenvalue weighted by atomic mass is 15.2.